The Morgan fingerprint density at radius 3 is 2.71 bits per heavy atom. The maximum Gasteiger partial charge on any atom is 0.257 e. The van der Waals surface area contributed by atoms with E-state index in [0.717, 1.165) is 44.8 Å². The molecule has 1 aromatic carbocycles. The first-order valence-electron chi connectivity index (χ1n) is 7.64. The highest BCUT2D eigenvalue weighted by Gasteiger charge is 2.36. The van der Waals surface area contributed by atoms with Gasteiger partial charge in [0.25, 0.3) is 5.91 Å². The lowest BCUT2D eigenvalue weighted by atomic mass is 9.88. The molecule has 0 saturated carbocycles. The number of piperidine rings is 1. The molecule has 2 heterocycles. The second kappa shape index (κ2) is 6.10. The standard InChI is InChI=1S/C16H20F2N2O/c17-13-4-1-3-12(15(13)18)16(21)20-10-2-5-14(20)11-6-8-19-9-7-11/h1,3-4,11,14,19H,2,5-10H2. The van der Waals surface area contributed by atoms with Gasteiger partial charge in [-0.05, 0) is 56.8 Å². The molecular formula is C16H20F2N2O. The highest BCUT2D eigenvalue weighted by Crippen LogP contribution is 2.31. The second-order valence-corrected chi connectivity index (χ2v) is 5.90. The molecule has 1 amide bonds. The summed E-state index contributed by atoms with van der Waals surface area (Å²) in [5.74, 6) is -1.89. The van der Waals surface area contributed by atoms with Crippen molar-refractivity contribution < 1.29 is 13.6 Å². The number of nitrogens with zero attached hydrogens (tertiary/aromatic N) is 1. The van der Waals surface area contributed by atoms with Crippen LogP contribution in [0.2, 0.25) is 0 Å². The van der Waals surface area contributed by atoms with Crippen LogP contribution in [-0.4, -0.2) is 36.5 Å². The number of hydrogen-bond acceptors (Lipinski definition) is 2. The third-order valence-corrected chi connectivity index (χ3v) is 4.67. The topological polar surface area (TPSA) is 32.3 Å². The maximum atomic E-state index is 13.8. The molecule has 1 unspecified atom stereocenters. The number of rotatable bonds is 2. The smallest absolute Gasteiger partial charge is 0.257 e. The predicted octanol–water partition coefficient (Wildman–Crippen LogP) is 2.57. The third kappa shape index (κ3) is 2.79. The van der Waals surface area contributed by atoms with Crippen LogP contribution in [0.5, 0.6) is 0 Å². The van der Waals surface area contributed by atoms with Gasteiger partial charge in [-0.1, -0.05) is 6.07 Å². The molecule has 2 saturated heterocycles. The molecule has 0 aliphatic carbocycles. The first-order chi connectivity index (χ1) is 10.2. The Balaban J connectivity index is 1.81. The van der Waals surface area contributed by atoms with E-state index in [4.69, 9.17) is 0 Å². The number of carbonyl (C=O) groups is 1. The van der Waals surface area contributed by atoms with Crippen molar-refractivity contribution in [1.82, 2.24) is 10.2 Å². The van der Waals surface area contributed by atoms with Gasteiger partial charge >= 0.3 is 0 Å². The number of hydrogen-bond donors (Lipinski definition) is 1. The van der Waals surface area contributed by atoms with Gasteiger partial charge in [0.2, 0.25) is 0 Å². The molecule has 0 radical (unpaired) electrons. The van der Waals surface area contributed by atoms with Gasteiger partial charge < -0.3 is 10.2 Å². The predicted molar refractivity (Wildman–Crippen MR) is 76.0 cm³/mol. The van der Waals surface area contributed by atoms with Gasteiger partial charge in [-0.2, -0.15) is 0 Å². The van der Waals surface area contributed by atoms with Crippen molar-refractivity contribution in [2.75, 3.05) is 19.6 Å². The van der Waals surface area contributed by atoms with Crippen LogP contribution in [0, 0.1) is 17.6 Å². The van der Waals surface area contributed by atoms with E-state index < -0.39 is 11.6 Å². The van der Waals surface area contributed by atoms with E-state index in [1.165, 1.54) is 12.1 Å². The molecule has 1 atom stereocenters. The summed E-state index contributed by atoms with van der Waals surface area (Å²) in [6, 6.07) is 3.97. The summed E-state index contributed by atoms with van der Waals surface area (Å²) < 4.78 is 27.2. The maximum absolute atomic E-state index is 13.8. The van der Waals surface area contributed by atoms with Crippen LogP contribution in [0.25, 0.3) is 0 Å². The van der Waals surface area contributed by atoms with E-state index in [1.807, 2.05) is 0 Å². The lowest BCUT2D eigenvalue weighted by Crippen LogP contribution is -2.44. The fourth-order valence-electron chi connectivity index (χ4n) is 3.59. The summed E-state index contributed by atoms with van der Waals surface area (Å²) in [5, 5.41) is 3.32. The van der Waals surface area contributed by atoms with Crippen molar-refractivity contribution in [3.8, 4) is 0 Å². The summed E-state index contributed by atoms with van der Waals surface area (Å²) >= 11 is 0. The van der Waals surface area contributed by atoms with Crippen LogP contribution >= 0.6 is 0 Å². The number of nitrogens with one attached hydrogen (secondary N) is 1. The monoisotopic (exact) mass is 294 g/mol. The minimum Gasteiger partial charge on any atom is -0.335 e. The number of halogens is 2. The molecule has 0 aromatic heterocycles. The van der Waals surface area contributed by atoms with Gasteiger partial charge in [0.05, 0.1) is 5.56 Å². The Kier molecular flexibility index (Phi) is 4.19. The van der Waals surface area contributed by atoms with Crippen LogP contribution in [0.15, 0.2) is 18.2 Å². The molecule has 2 aliphatic heterocycles. The van der Waals surface area contributed by atoms with E-state index in [0.29, 0.717) is 12.5 Å². The van der Waals surface area contributed by atoms with Gasteiger partial charge in [-0.3, -0.25) is 4.79 Å². The van der Waals surface area contributed by atoms with Crippen molar-refractivity contribution in [2.45, 2.75) is 31.7 Å². The van der Waals surface area contributed by atoms with Gasteiger partial charge in [0.15, 0.2) is 11.6 Å². The van der Waals surface area contributed by atoms with Crippen LogP contribution in [0.4, 0.5) is 8.78 Å². The van der Waals surface area contributed by atoms with Gasteiger partial charge in [0.1, 0.15) is 0 Å². The van der Waals surface area contributed by atoms with E-state index in [-0.39, 0.29) is 17.5 Å². The zero-order chi connectivity index (χ0) is 14.8. The fourth-order valence-corrected chi connectivity index (χ4v) is 3.59. The summed E-state index contributed by atoms with van der Waals surface area (Å²) in [7, 11) is 0. The van der Waals surface area contributed by atoms with E-state index >= 15 is 0 Å². The molecule has 5 heteroatoms. The number of likely N-dealkylation sites (tertiary alicyclic amines) is 1. The molecule has 3 rings (SSSR count). The highest BCUT2D eigenvalue weighted by atomic mass is 19.2. The first kappa shape index (κ1) is 14.4. The van der Waals surface area contributed by atoms with Crippen LogP contribution in [0.3, 0.4) is 0 Å². The molecule has 2 fully saturated rings. The Morgan fingerprint density at radius 2 is 1.95 bits per heavy atom. The molecule has 0 spiro atoms. The number of amides is 1. The van der Waals surface area contributed by atoms with E-state index in [1.54, 1.807) is 4.90 Å². The van der Waals surface area contributed by atoms with Crippen LogP contribution in [0.1, 0.15) is 36.0 Å². The molecule has 21 heavy (non-hydrogen) atoms. The first-order valence-corrected chi connectivity index (χ1v) is 7.64. The van der Waals surface area contributed by atoms with Crippen molar-refractivity contribution >= 4 is 5.91 Å². The average molecular weight is 294 g/mol. The lowest BCUT2D eigenvalue weighted by molar-refractivity contribution is 0.0660. The van der Waals surface area contributed by atoms with E-state index in [9.17, 15) is 13.6 Å². The van der Waals surface area contributed by atoms with E-state index in [2.05, 4.69) is 5.32 Å². The Bertz CT molecular complexity index is 529. The average Bonchev–Trinajstić information content (AvgIpc) is 3.00. The molecule has 2 aliphatic rings. The quantitative estimate of drug-likeness (QED) is 0.909. The number of carbonyl (C=O) groups excluding carboxylic acids is 1. The second-order valence-electron chi connectivity index (χ2n) is 5.90. The van der Waals surface area contributed by atoms with Crippen LogP contribution in [-0.2, 0) is 0 Å². The minimum atomic E-state index is -1.03. The van der Waals surface area contributed by atoms with Crippen molar-refractivity contribution in [3.05, 3.63) is 35.4 Å². The molecular weight excluding hydrogens is 274 g/mol. The van der Waals surface area contributed by atoms with Gasteiger partial charge in [0, 0.05) is 12.6 Å². The zero-order valence-electron chi connectivity index (χ0n) is 11.9. The summed E-state index contributed by atoms with van der Waals surface area (Å²) in [6.07, 6.45) is 3.99. The number of benzene rings is 1. The molecule has 1 N–H and O–H groups in total. The summed E-state index contributed by atoms with van der Waals surface area (Å²) in [4.78, 5) is 14.3. The molecule has 0 bridgehead atoms. The SMILES string of the molecule is O=C(c1cccc(F)c1F)N1CCCC1C1CCNCC1. The normalized spacial score (nSPS) is 23.5. The fraction of sp³-hybridized carbons (Fsp3) is 0.562. The molecule has 3 nitrogen and oxygen atoms in total. The third-order valence-electron chi connectivity index (χ3n) is 4.67. The summed E-state index contributed by atoms with van der Waals surface area (Å²) in [6.45, 7) is 2.58. The van der Waals surface area contributed by atoms with Gasteiger partial charge in [-0.15, -0.1) is 0 Å². The largest absolute Gasteiger partial charge is 0.335 e. The van der Waals surface area contributed by atoms with Gasteiger partial charge in [-0.25, -0.2) is 8.78 Å². The zero-order valence-corrected chi connectivity index (χ0v) is 11.9. The molecule has 114 valence electrons. The highest BCUT2D eigenvalue weighted by molar-refractivity contribution is 5.94. The van der Waals surface area contributed by atoms with Crippen molar-refractivity contribution in [1.29, 1.82) is 0 Å². The Hall–Kier alpha value is -1.49. The Labute approximate surface area is 123 Å². The summed E-state index contributed by atoms with van der Waals surface area (Å²) in [5.41, 5.74) is -0.143. The Morgan fingerprint density at radius 1 is 1.19 bits per heavy atom. The van der Waals surface area contributed by atoms with Crippen molar-refractivity contribution in [2.24, 2.45) is 5.92 Å². The molecule has 1 aromatic rings. The van der Waals surface area contributed by atoms with Crippen molar-refractivity contribution in [3.63, 3.8) is 0 Å². The van der Waals surface area contributed by atoms with Crippen LogP contribution < -0.4 is 5.32 Å². The lowest BCUT2D eigenvalue weighted by Gasteiger charge is -2.34. The minimum absolute atomic E-state index is 0.143.